The second kappa shape index (κ2) is 7.01. The van der Waals surface area contributed by atoms with Crippen molar-refractivity contribution in [2.24, 2.45) is 0 Å². The molecule has 0 aliphatic carbocycles. The first-order valence-corrected chi connectivity index (χ1v) is 8.73. The summed E-state index contributed by atoms with van der Waals surface area (Å²) in [5, 5.41) is 3.23. The van der Waals surface area contributed by atoms with Gasteiger partial charge in [0, 0.05) is 18.3 Å². The van der Waals surface area contributed by atoms with Gasteiger partial charge in [-0.25, -0.2) is 22.9 Å². The Morgan fingerprint density at radius 3 is 2.75 bits per heavy atom. The zero-order chi connectivity index (χ0) is 16.6. The van der Waals surface area contributed by atoms with E-state index in [1.54, 1.807) is 0 Å². The van der Waals surface area contributed by atoms with Crippen molar-refractivity contribution in [2.75, 3.05) is 6.54 Å². The Morgan fingerprint density at radius 1 is 1.29 bits per heavy atom. The molecule has 0 amide bonds. The third-order valence-corrected chi connectivity index (χ3v) is 5.40. The van der Waals surface area contributed by atoms with Crippen molar-refractivity contribution < 1.29 is 8.42 Å². The molecular formula is C13H18ClN5O4S. The molecule has 0 saturated carbocycles. The van der Waals surface area contributed by atoms with Crippen LogP contribution in [-0.4, -0.2) is 42.0 Å². The summed E-state index contributed by atoms with van der Waals surface area (Å²) in [6.45, 7) is 2.78. The predicted octanol–water partition coefficient (Wildman–Crippen LogP) is -0.548. The monoisotopic (exact) mass is 375 g/mol. The number of nitrogens with zero attached hydrogens (tertiary/aromatic N) is 1. The van der Waals surface area contributed by atoms with Gasteiger partial charge in [-0.05, 0) is 32.4 Å². The Balaban J connectivity index is 0.00000208. The van der Waals surface area contributed by atoms with Crippen LogP contribution >= 0.6 is 12.4 Å². The van der Waals surface area contributed by atoms with E-state index in [4.69, 9.17) is 0 Å². The number of hydrogen-bond acceptors (Lipinski definition) is 6. The van der Waals surface area contributed by atoms with E-state index in [9.17, 15) is 18.0 Å². The number of aromatic amines is 2. The number of halogens is 1. The van der Waals surface area contributed by atoms with Gasteiger partial charge in [-0.3, -0.25) is 14.8 Å². The van der Waals surface area contributed by atoms with Crippen LogP contribution < -0.4 is 21.3 Å². The van der Waals surface area contributed by atoms with Gasteiger partial charge in [0.2, 0.25) is 10.0 Å². The molecule has 132 valence electrons. The fourth-order valence-corrected chi connectivity index (χ4v) is 3.97. The van der Waals surface area contributed by atoms with Gasteiger partial charge in [-0.2, -0.15) is 0 Å². The van der Waals surface area contributed by atoms with Crippen molar-refractivity contribution >= 4 is 33.5 Å². The lowest BCUT2D eigenvalue weighted by atomic mass is 10.0. The summed E-state index contributed by atoms with van der Waals surface area (Å²) in [6.07, 6.45) is 2.75. The zero-order valence-corrected chi connectivity index (χ0v) is 14.5. The molecule has 1 aliphatic rings. The predicted molar refractivity (Wildman–Crippen MR) is 91.0 cm³/mol. The Hall–Kier alpha value is -1.75. The molecular weight excluding hydrogens is 358 g/mol. The molecule has 24 heavy (non-hydrogen) atoms. The summed E-state index contributed by atoms with van der Waals surface area (Å²) in [4.78, 5) is 31.1. The molecule has 2 atom stereocenters. The number of piperidine rings is 1. The SMILES string of the molecule is CC1NCCCC1NS(=O)(=O)c1cnc2[nH]c(=O)[nH]c(=O)c2c1.Cl. The highest BCUT2D eigenvalue weighted by Crippen LogP contribution is 2.15. The van der Waals surface area contributed by atoms with Crippen LogP contribution in [0.3, 0.4) is 0 Å². The smallest absolute Gasteiger partial charge is 0.313 e. The molecule has 0 bridgehead atoms. The van der Waals surface area contributed by atoms with E-state index in [-0.39, 0.29) is 40.4 Å². The molecule has 0 radical (unpaired) electrons. The van der Waals surface area contributed by atoms with Crippen LogP contribution in [0.4, 0.5) is 0 Å². The van der Waals surface area contributed by atoms with Gasteiger partial charge in [-0.1, -0.05) is 0 Å². The highest BCUT2D eigenvalue weighted by Gasteiger charge is 2.27. The molecule has 4 N–H and O–H groups in total. The Morgan fingerprint density at radius 2 is 2.04 bits per heavy atom. The minimum Gasteiger partial charge on any atom is -0.313 e. The molecule has 11 heteroatoms. The zero-order valence-electron chi connectivity index (χ0n) is 12.8. The highest BCUT2D eigenvalue weighted by molar-refractivity contribution is 7.89. The first kappa shape index (κ1) is 18.6. The van der Waals surface area contributed by atoms with Crippen molar-refractivity contribution in [3.05, 3.63) is 33.1 Å². The van der Waals surface area contributed by atoms with Crippen LogP contribution in [0, 0.1) is 0 Å². The molecule has 1 fully saturated rings. The van der Waals surface area contributed by atoms with Gasteiger partial charge in [0.05, 0.1) is 5.39 Å². The van der Waals surface area contributed by atoms with E-state index in [2.05, 4.69) is 20.0 Å². The molecule has 3 heterocycles. The highest BCUT2D eigenvalue weighted by atomic mass is 35.5. The number of sulfonamides is 1. The number of rotatable bonds is 3. The molecule has 1 saturated heterocycles. The number of nitrogens with one attached hydrogen (secondary N) is 4. The fourth-order valence-electron chi connectivity index (χ4n) is 2.65. The van der Waals surface area contributed by atoms with E-state index < -0.39 is 21.3 Å². The summed E-state index contributed by atoms with van der Waals surface area (Å²) in [7, 11) is -3.81. The maximum atomic E-state index is 12.5. The van der Waals surface area contributed by atoms with Gasteiger partial charge in [-0.15, -0.1) is 12.4 Å². The minimum absolute atomic E-state index is 0. The summed E-state index contributed by atoms with van der Waals surface area (Å²) >= 11 is 0. The number of hydrogen-bond donors (Lipinski definition) is 4. The van der Waals surface area contributed by atoms with Gasteiger partial charge in [0.25, 0.3) is 5.56 Å². The second-order valence-electron chi connectivity index (χ2n) is 5.59. The van der Waals surface area contributed by atoms with Crippen molar-refractivity contribution in [1.82, 2.24) is 25.0 Å². The van der Waals surface area contributed by atoms with Crippen LogP contribution in [0.1, 0.15) is 19.8 Å². The summed E-state index contributed by atoms with van der Waals surface area (Å²) in [5.41, 5.74) is -1.32. The second-order valence-corrected chi connectivity index (χ2v) is 7.30. The van der Waals surface area contributed by atoms with E-state index in [1.807, 2.05) is 11.9 Å². The average Bonchev–Trinajstić information content (AvgIpc) is 2.49. The quantitative estimate of drug-likeness (QED) is 0.568. The molecule has 9 nitrogen and oxygen atoms in total. The third kappa shape index (κ3) is 3.66. The largest absolute Gasteiger partial charge is 0.327 e. The maximum absolute atomic E-state index is 12.5. The third-order valence-electron chi connectivity index (χ3n) is 3.94. The topological polar surface area (TPSA) is 137 Å². The molecule has 2 aromatic rings. The van der Waals surface area contributed by atoms with Crippen molar-refractivity contribution in [2.45, 2.75) is 36.7 Å². The lowest BCUT2D eigenvalue weighted by Crippen LogP contribution is -2.51. The lowest BCUT2D eigenvalue weighted by molar-refractivity contribution is 0.349. The number of fused-ring (bicyclic) bond motifs is 1. The fraction of sp³-hybridized carbons (Fsp3) is 0.462. The summed E-state index contributed by atoms with van der Waals surface area (Å²) in [6, 6.07) is 1.00. The van der Waals surface area contributed by atoms with Crippen LogP contribution in [-0.2, 0) is 10.0 Å². The number of aromatic nitrogens is 3. The molecule has 2 unspecified atom stereocenters. The van der Waals surface area contributed by atoms with Crippen LogP contribution in [0.25, 0.3) is 11.0 Å². The van der Waals surface area contributed by atoms with Crippen LogP contribution in [0.15, 0.2) is 26.7 Å². The van der Waals surface area contributed by atoms with Gasteiger partial charge in [0.1, 0.15) is 10.5 Å². The molecule has 0 spiro atoms. The minimum atomic E-state index is -3.81. The van der Waals surface area contributed by atoms with Crippen molar-refractivity contribution in [3.63, 3.8) is 0 Å². The lowest BCUT2D eigenvalue weighted by Gasteiger charge is -2.30. The normalized spacial score (nSPS) is 21.4. The van der Waals surface area contributed by atoms with E-state index in [0.29, 0.717) is 0 Å². The van der Waals surface area contributed by atoms with Crippen molar-refractivity contribution in [3.8, 4) is 0 Å². The summed E-state index contributed by atoms with van der Waals surface area (Å²) in [5.74, 6) is 0. The molecule has 1 aliphatic heterocycles. The van der Waals surface area contributed by atoms with Crippen LogP contribution in [0.2, 0.25) is 0 Å². The Bertz CT molecular complexity index is 955. The van der Waals surface area contributed by atoms with Gasteiger partial charge < -0.3 is 5.32 Å². The number of H-pyrrole nitrogens is 2. The van der Waals surface area contributed by atoms with E-state index in [1.165, 1.54) is 6.07 Å². The van der Waals surface area contributed by atoms with E-state index >= 15 is 0 Å². The number of pyridine rings is 1. The van der Waals surface area contributed by atoms with Gasteiger partial charge >= 0.3 is 5.69 Å². The first-order chi connectivity index (χ1) is 10.9. The Labute approximate surface area is 143 Å². The van der Waals surface area contributed by atoms with Crippen LogP contribution in [0.5, 0.6) is 0 Å². The molecule has 3 rings (SSSR count). The average molecular weight is 376 g/mol. The standard InChI is InChI=1S/C13H17N5O4S.ClH/c1-7-10(3-2-4-14-7)18-23(21,22)8-5-9-11(15-6-8)16-13(20)17-12(9)19;/h5-7,10,14,18H,2-4H2,1H3,(H2,15,16,17,19,20);1H. The first-order valence-electron chi connectivity index (χ1n) is 7.25. The van der Waals surface area contributed by atoms with Gasteiger partial charge in [0.15, 0.2) is 0 Å². The maximum Gasteiger partial charge on any atom is 0.327 e. The van der Waals surface area contributed by atoms with E-state index in [0.717, 1.165) is 25.6 Å². The molecule has 2 aromatic heterocycles. The molecule has 0 aromatic carbocycles. The van der Waals surface area contributed by atoms with Crippen molar-refractivity contribution in [1.29, 1.82) is 0 Å². The Kier molecular flexibility index (Phi) is 5.43. The summed E-state index contributed by atoms with van der Waals surface area (Å²) < 4.78 is 27.7.